The lowest BCUT2D eigenvalue weighted by atomic mass is 10.1. The first kappa shape index (κ1) is 18.3. The molecular formula is C19H17Cl2N3O2. The van der Waals surface area contributed by atoms with Crippen LogP contribution >= 0.6 is 23.2 Å². The molecule has 1 heterocycles. The monoisotopic (exact) mass is 389 g/mol. The number of methoxy groups -OCH3 is 1. The number of H-pyrrole nitrogens is 1. The van der Waals surface area contributed by atoms with Crippen molar-refractivity contribution in [2.45, 2.75) is 13.3 Å². The van der Waals surface area contributed by atoms with Crippen molar-refractivity contribution in [2.24, 2.45) is 0 Å². The van der Waals surface area contributed by atoms with Crippen LogP contribution in [0.2, 0.25) is 10.0 Å². The summed E-state index contributed by atoms with van der Waals surface area (Å²) in [4.78, 5) is 19.7. The minimum absolute atomic E-state index is 0.186. The van der Waals surface area contributed by atoms with Gasteiger partial charge in [-0.2, -0.15) is 0 Å². The maximum Gasteiger partial charge on any atom is 0.256 e. The first-order chi connectivity index (χ1) is 12.5. The highest BCUT2D eigenvalue weighted by molar-refractivity contribution is 6.32. The molecule has 0 aliphatic rings. The molecule has 0 aliphatic carbocycles. The van der Waals surface area contributed by atoms with E-state index in [-0.39, 0.29) is 5.56 Å². The lowest BCUT2D eigenvalue weighted by molar-refractivity contribution is 0.415. The summed E-state index contributed by atoms with van der Waals surface area (Å²) in [6.07, 6.45) is 0.486. The van der Waals surface area contributed by atoms with Crippen LogP contribution in [0.1, 0.15) is 16.8 Å². The second kappa shape index (κ2) is 7.81. The van der Waals surface area contributed by atoms with Crippen molar-refractivity contribution in [3.63, 3.8) is 0 Å². The topological polar surface area (TPSA) is 67.0 Å². The number of benzene rings is 2. The van der Waals surface area contributed by atoms with Crippen LogP contribution in [0.25, 0.3) is 0 Å². The average Bonchev–Trinajstić information content (AvgIpc) is 2.60. The fourth-order valence-corrected chi connectivity index (χ4v) is 2.95. The van der Waals surface area contributed by atoms with Gasteiger partial charge in [0, 0.05) is 22.7 Å². The Kier molecular flexibility index (Phi) is 5.49. The fourth-order valence-electron chi connectivity index (χ4n) is 2.57. The SMILES string of the molecule is COc1ccc(Nc2nc(C)c(Cc3ccc(Cl)cc3)c(=O)[nH]2)cc1Cl. The molecule has 3 rings (SSSR count). The molecule has 2 aromatic carbocycles. The van der Waals surface area contributed by atoms with Crippen LogP contribution in [0.3, 0.4) is 0 Å². The molecule has 3 aromatic rings. The molecule has 0 fully saturated rings. The minimum atomic E-state index is -0.186. The Balaban J connectivity index is 1.84. The number of aromatic nitrogens is 2. The van der Waals surface area contributed by atoms with Gasteiger partial charge < -0.3 is 10.1 Å². The lowest BCUT2D eigenvalue weighted by Crippen LogP contribution is -2.18. The molecule has 0 bridgehead atoms. The zero-order valence-corrected chi connectivity index (χ0v) is 15.8. The summed E-state index contributed by atoms with van der Waals surface area (Å²) in [5.41, 5.74) is 2.78. The summed E-state index contributed by atoms with van der Waals surface area (Å²) in [7, 11) is 1.55. The molecule has 1 aromatic heterocycles. The van der Waals surface area contributed by atoms with Gasteiger partial charge in [0.2, 0.25) is 5.95 Å². The van der Waals surface area contributed by atoms with Crippen molar-refractivity contribution in [1.82, 2.24) is 9.97 Å². The van der Waals surface area contributed by atoms with Gasteiger partial charge in [0.1, 0.15) is 5.75 Å². The van der Waals surface area contributed by atoms with Gasteiger partial charge in [-0.05, 0) is 42.8 Å². The third-order valence-corrected chi connectivity index (χ3v) is 4.48. The van der Waals surface area contributed by atoms with E-state index in [1.54, 1.807) is 37.4 Å². The fraction of sp³-hybridized carbons (Fsp3) is 0.158. The molecule has 5 nitrogen and oxygen atoms in total. The van der Waals surface area contributed by atoms with Crippen molar-refractivity contribution >= 4 is 34.8 Å². The van der Waals surface area contributed by atoms with E-state index in [0.29, 0.717) is 45.1 Å². The highest BCUT2D eigenvalue weighted by atomic mass is 35.5. The molecule has 0 saturated heterocycles. The maximum atomic E-state index is 12.5. The number of aromatic amines is 1. The van der Waals surface area contributed by atoms with E-state index in [9.17, 15) is 4.79 Å². The third kappa shape index (κ3) is 4.18. The predicted octanol–water partition coefficient (Wildman–Crippen LogP) is 4.73. The number of aryl methyl sites for hydroxylation is 1. The zero-order valence-electron chi connectivity index (χ0n) is 14.3. The van der Waals surface area contributed by atoms with Gasteiger partial charge in [0.05, 0.1) is 17.8 Å². The second-order valence-corrected chi connectivity index (χ2v) is 6.60. The van der Waals surface area contributed by atoms with E-state index in [0.717, 1.165) is 5.56 Å². The van der Waals surface area contributed by atoms with Crippen molar-refractivity contribution in [3.8, 4) is 5.75 Å². The van der Waals surface area contributed by atoms with Crippen LogP contribution < -0.4 is 15.6 Å². The number of hydrogen-bond acceptors (Lipinski definition) is 4. The van der Waals surface area contributed by atoms with Crippen molar-refractivity contribution < 1.29 is 4.74 Å². The summed E-state index contributed by atoms with van der Waals surface area (Å²) >= 11 is 12.0. The molecule has 0 saturated carbocycles. The van der Waals surface area contributed by atoms with Gasteiger partial charge in [-0.1, -0.05) is 35.3 Å². The number of rotatable bonds is 5. The number of nitrogens with one attached hydrogen (secondary N) is 2. The van der Waals surface area contributed by atoms with Gasteiger partial charge >= 0.3 is 0 Å². The molecule has 2 N–H and O–H groups in total. The average molecular weight is 390 g/mol. The number of halogens is 2. The first-order valence-electron chi connectivity index (χ1n) is 7.91. The Morgan fingerprint density at radius 2 is 1.88 bits per heavy atom. The van der Waals surface area contributed by atoms with Crippen LogP contribution in [-0.4, -0.2) is 17.1 Å². The van der Waals surface area contributed by atoms with E-state index in [4.69, 9.17) is 27.9 Å². The molecule has 0 unspecified atom stereocenters. The molecule has 7 heteroatoms. The van der Waals surface area contributed by atoms with Crippen LogP contribution in [0, 0.1) is 6.92 Å². The molecule has 0 atom stereocenters. The van der Waals surface area contributed by atoms with Crippen molar-refractivity contribution in [1.29, 1.82) is 0 Å². The summed E-state index contributed by atoms with van der Waals surface area (Å²) in [5.74, 6) is 0.932. The number of anilines is 2. The molecule has 0 aliphatic heterocycles. The van der Waals surface area contributed by atoms with Crippen LogP contribution in [-0.2, 0) is 6.42 Å². The summed E-state index contributed by atoms with van der Waals surface area (Å²) in [6, 6.07) is 12.6. The first-order valence-corrected chi connectivity index (χ1v) is 8.66. The van der Waals surface area contributed by atoms with E-state index in [1.165, 1.54) is 0 Å². The van der Waals surface area contributed by atoms with Gasteiger partial charge in [-0.3, -0.25) is 9.78 Å². The highest BCUT2D eigenvalue weighted by Gasteiger charge is 2.10. The molecule has 26 heavy (non-hydrogen) atoms. The number of hydrogen-bond donors (Lipinski definition) is 2. The van der Waals surface area contributed by atoms with Gasteiger partial charge in [0.25, 0.3) is 5.56 Å². The summed E-state index contributed by atoms with van der Waals surface area (Å²) in [5, 5.41) is 4.18. The minimum Gasteiger partial charge on any atom is -0.495 e. The van der Waals surface area contributed by atoms with E-state index in [2.05, 4.69) is 15.3 Å². The standard InChI is InChI=1S/C19H17Cl2N3O2/c1-11-15(9-12-3-5-13(20)6-4-12)18(25)24-19(22-11)23-14-7-8-17(26-2)16(21)10-14/h3-8,10H,9H2,1-2H3,(H2,22,23,24,25). The largest absolute Gasteiger partial charge is 0.495 e. The second-order valence-electron chi connectivity index (χ2n) is 5.76. The molecule has 0 amide bonds. The number of nitrogens with zero attached hydrogens (tertiary/aromatic N) is 1. The Morgan fingerprint density at radius 1 is 1.15 bits per heavy atom. The third-order valence-electron chi connectivity index (χ3n) is 3.93. The molecule has 0 radical (unpaired) electrons. The van der Waals surface area contributed by atoms with E-state index < -0.39 is 0 Å². The van der Waals surface area contributed by atoms with Crippen LogP contribution in [0.5, 0.6) is 5.75 Å². The van der Waals surface area contributed by atoms with Crippen LogP contribution in [0.4, 0.5) is 11.6 Å². The van der Waals surface area contributed by atoms with Gasteiger partial charge in [-0.25, -0.2) is 4.98 Å². The zero-order chi connectivity index (χ0) is 18.7. The van der Waals surface area contributed by atoms with Gasteiger partial charge in [0.15, 0.2) is 0 Å². The maximum absolute atomic E-state index is 12.5. The Labute approximate surface area is 161 Å². The quantitative estimate of drug-likeness (QED) is 0.661. The van der Waals surface area contributed by atoms with E-state index >= 15 is 0 Å². The van der Waals surface area contributed by atoms with Crippen molar-refractivity contribution in [3.05, 3.63) is 79.7 Å². The van der Waals surface area contributed by atoms with Crippen molar-refractivity contribution in [2.75, 3.05) is 12.4 Å². The predicted molar refractivity (Wildman–Crippen MR) is 105 cm³/mol. The molecular weight excluding hydrogens is 373 g/mol. The van der Waals surface area contributed by atoms with E-state index in [1.807, 2.05) is 19.1 Å². The summed E-state index contributed by atoms with van der Waals surface area (Å²) < 4.78 is 5.13. The Bertz CT molecular complexity index is 985. The lowest BCUT2D eigenvalue weighted by Gasteiger charge is -2.10. The Morgan fingerprint density at radius 3 is 2.50 bits per heavy atom. The van der Waals surface area contributed by atoms with Gasteiger partial charge in [-0.15, -0.1) is 0 Å². The Hall–Kier alpha value is -2.50. The smallest absolute Gasteiger partial charge is 0.256 e. The summed E-state index contributed by atoms with van der Waals surface area (Å²) in [6.45, 7) is 1.81. The normalized spacial score (nSPS) is 10.6. The molecule has 0 spiro atoms. The number of ether oxygens (including phenoxy) is 1. The van der Waals surface area contributed by atoms with Crippen LogP contribution in [0.15, 0.2) is 47.3 Å². The molecule has 134 valence electrons. The highest BCUT2D eigenvalue weighted by Crippen LogP contribution is 2.28.